The van der Waals surface area contributed by atoms with Gasteiger partial charge in [-0.15, -0.1) is 0 Å². The summed E-state index contributed by atoms with van der Waals surface area (Å²) in [7, 11) is 3.43. The molecule has 0 spiro atoms. The lowest BCUT2D eigenvalue weighted by molar-refractivity contribution is -0.149. The normalized spacial score (nSPS) is 21.4. The van der Waals surface area contributed by atoms with E-state index < -0.39 is 0 Å². The minimum Gasteiger partial charge on any atom is -0.466 e. The van der Waals surface area contributed by atoms with E-state index in [1.54, 1.807) is 14.2 Å². The number of ether oxygens (including phenoxy) is 2. The first-order valence-corrected chi connectivity index (χ1v) is 9.87. The molecule has 0 saturated heterocycles. The molecular formula is C20H30ClN3O3. The number of esters is 1. The Morgan fingerprint density at radius 2 is 2.07 bits per heavy atom. The zero-order valence-electron chi connectivity index (χ0n) is 16.3. The van der Waals surface area contributed by atoms with Gasteiger partial charge in [-0.25, -0.2) is 0 Å². The van der Waals surface area contributed by atoms with Crippen molar-refractivity contribution >= 4 is 23.5 Å². The first kappa shape index (κ1) is 21.5. The molecule has 0 heterocycles. The minimum atomic E-state index is -0.123. The molecule has 6 nitrogen and oxygen atoms in total. The van der Waals surface area contributed by atoms with Crippen molar-refractivity contribution in [2.24, 2.45) is 10.9 Å². The molecule has 0 aromatic heterocycles. The number of nitrogens with one attached hydrogen (secondary N) is 2. The van der Waals surface area contributed by atoms with Crippen LogP contribution in [0.3, 0.4) is 0 Å². The third kappa shape index (κ3) is 6.70. The predicted octanol–water partition coefficient (Wildman–Crippen LogP) is 3.31. The summed E-state index contributed by atoms with van der Waals surface area (Å²) in [6.45, 7) is 2.87. The second-order valence-electron chi connectivity index (χ2n) is 6.68. The van der Waals surface area contributed by atoms with Crippen LogP contribution in [0.4, 0.5) is 0 Å². The molecule has 1 aliphatic rings. The third-order valence-corrected chi connectivity index (χ3v) is 5.11. The van der Waals surface area contributed by atoms with Gasteiger partial charge in [0.1, 0.15) is 0 Å². The van der Waals surface area contributed by atoms with Gasteiger partial charge < -0.3 is 20.1 Å². The second-order valence-corrected chi connectivity index (χ2v) is 7.11. The van der Waals surface area contributed by atoms with E-state index in [2.05, 4.69) is 15.6 Å². The van der Waals surface area contributed by atoms with Crippen LogP contribution in [-0.4, -0.2) is 45.3 Å². The number of hydrogen-bond acceptors (Lipinski definition) is 4. The zero-order chi connectivity index (χ0) is 19.6. The average Bonchev–Trinajstić information content (AvgIpc) is 2.68. The van der Waals surface area contributed by atoms with E-state index in [9.17, 15) is 4.79 Å². The number of guanidine groups is 1. The molecule has 1 aromatic carbocycles. The molecular weight excluding hydrogens is 366 g/mol. The maximum absolute atomic E-state index is 11.9. The molecule has 2 N–H and O–H groups in total. The fraction of sp³-hybridized carbons (Fsp3) is 0.600. The highest BCUT2D eigenvalue weighted by molar-refractivity contribution is 6.30. The summed E-state index contributed by atoms with van der Waals surface area (Å²) >= 11 is 6.07. The molecule has 150 valence electrons. The maximum Gasteiger partial charge on any atom is 0.308 e. The topological polar surface area (TPSA) is 72.0 Å². The fourth-order valence-corrected chi connectivity index (χ4v) is 3.55. The van der Waals surface area contributed by atoms with Gasteiger partial charge in [-0.2, -0.15) is 0 Å². The predicted molar refractivity (Wildman–Crippen MR) is 108 cm³/mol. The van der Waals surface area contributed by atoms with Gasteiger partial charge in [0.25, 0.3) is 0 Å². The van der Waals surface area contributed by atoms with E-state index >= 15 is 0 Å². The highest BCUT2D eigenvalue weighted by Gasteiger charge is 2.27. The summed E-state index contributed by atoms with van der Waals surface area (Å²) in [5.74, 6) is 0.695. The second kappa shape index (κ2) is 11.1. The first-order chi connectivity index (χ1) is 13.1. The van der Waals surface area contributed by atoms with Crippen molar-refractivity contribution in [1.29, 1.82) is 0 Å². The van der Waals surface area contributed by atoms with Gasteiger partial charge in [0.2, 0.25) is 0 Å². The van der Waals surface area contributed by atoms with E-state index in [1.165, 1.54) is 0 Å². The van der Waals surface area contributed by atoms with Gasteiger partial charge in [0, 0.05) is 31.8 Å². The van der Waals surface area contributed by atoms with Crippen molar-refractivity contribution < 1.29 is 14.3 Å². The molecule has 0 bridgehead atoms. The first-order valence-electron chi connectivity index (χ1n) is 9.49. The Kier molecular flexibility index (Phi) is 8.88. The number of nitrogens with zero attached hydrogens (tertiary/aromatic N) is 1. The van der Waals surface area contributed by atoms with Crippen molar-refractivity contribution in [1.82, 2.24) is 10.6 Å². The van der Waals surface area contributed by atoms with E-state index in [4.69, 9.17) is 21.1 Å². The van der Waals surface area contributed by atoms with Crippen molar-refractivity contribution in [3.8, 4) is 0 Å². The standard InChI is InChI=1S/C20H30ClN3O3/c1-4-27-19(25)14-8-10-17(11-9-14)24-20(22-2)23-13-18(26-3)15-6-5-7-16(21)12-15/h5-7,12,14,17-18H,4,8-11,13H2,1-3H3,(H2,22,23,24). The molecule has 1 aliphatic carbocycles. The average molecular weight is 396 g/mol. The molecule has 7 heteroatoms. The van der Waals surface area contributed by atoms with Gasteiger partial charge in [-0.1, -0.05) is 23.7 Å². The van der Waals surface area contributed by atoms with Crippen LogP contribution in [0.1, 0.15) is 44.3 Å². The largest absolute Gasteiger partial charge is 0.466 e. The Hall–Kier alpha value is -1.79. The molecule has 0 radical (unpaired) electrons. The highest BCUT2D eigenvalue weighted by Crippen LogP contribution is 2.25. The van der Waals surface area contributed by atoms with E-state index in [-0.39, 0.29) is 18.0 Å². The number of halogens is 1. The Bertz CT molecular complexity index is 631. The fourth-order valence-electron chi connectivity index (χ4n) is 3.36. The zero-order valence-corrected chi connectivity index (χ0v) is 17.1. The third-order valence-electron chi connectivity index (χ3n) is 4.87. The van der Waals surface area contributed by atoms with Crippen LogP contribution in [0, 0.1) is 5.92 Å². The van der Waals surface area contributed by atoms with Crippen LogP contribution >= 0.6 is 11.6 Å². The van der Waals surface area contributed by atoms with Gasteiger partial charge in [-0.3, -0.25) is 9.79 Å². The van der Waals surface area contributed by atoms with E-state index in [1.807, 2.05) is 31.2 Å². The SMILES string of the molecule is CCOC(=O)C1CCC(NC(=NC)NCC(OC)c2cccc(Cl)c2)CC1. The molecule has 0 amide bonds. The summed E-state index contributed by atoms with van der Waals surface area (Å²) in [6, 6.07) is 7.96. The molecule has 1 aromatic rings. The highest BCUT2D eigenvalue weighted by atomic mass is 35.5. The number of carbonyl (C=O) groups is 1. The van der Waals surface area contributed by atoms with Crippen LogP contribution in [0.2, 0.25) is 5.02 Å². The number of aliphatic imine (C=N–C) groups is 1. The van der Waals surface area contributed by atoms with Gasteiger partial charge in [-0.05, 0) is 50.3 Å². The molecule has 1 atom stereocenters. The number of benzene rings is 1. The minimum absolute atomic E-state index is 0.0266. The Labute approximate surface area is 166 Å². The summed E-state index contributed by atoms with van der Waals surface area (Å²) in [5.41, 5.74) is 1.02. The maximum atomic E-state index is 11.9. The molecule has 1 unspecified atom stereocenters. The van der Waals surface area contributed by atoms with Crippen molar-refractivity contribution in [3.05, 3.63) is 34.9 Å². The number of carbonyl (C=O) groups excluding carboxylic acids is 1. The van der Waals surface area contributed by atoms with Crippen LogP contribution in [0.25, 0.3) is 0 Å². The summed E-state index contributed by atoms with van der Waals surface area (Å²) in [5, 5.41) is 7.45. The lowest BCUT2D eigenvalue weighted by Gasteiger charge is -2.29. The molecule has 2 rings (SSSR count). The van der Waals surface area contributed by atoms with Crippen LogP contribution in [-0.2, 0) is 14.3 Å². The Morgan fingerprint density at radius 1 is 1.33 bits per heavy atom. The number of hydrogen-bond donors (Lipinski definition) is 2. The van der Waals surface area contributed by atoms with Crippen molar-refractivity contribution in [2.45, 2.75) is 44.8 Å². The lowest BCUT2D eigenvalue weighted by Crippen LogP contribution is -2.46. The summed E-state index contributed by atoms with van der Waals surface area (Å²) in [4.78, 5) is 16.2. The number of methoxy groups -OCH3 is 1. The van der Waals surface area contributed by atoms with Gasteiger partial charge in [0.15, 0.2) is 5.96 Å². The summed E-state index contributed by atoms with van der Waals surface area (Å²) in [6.07, 6.45) is 3.41. The van der Waals surface area contributed by atoms with Crippen LogP contribution in [0.5, 0.6) is 0 Å². The quantitative estimate of drug-likeness (QED) is 0.421. The van der Waals surface area contributed by atoms with Crippen LogP contribution in [0.15, 0.2) is 29.3 Å². The Morgan fingerprint density at radius 3 is 2.67 bits per heavy atom. The van der Waals surface area contributed by atoms with Gasteiger partial charge in [0.05, 0.1) is 18.6 Å². The van der Waals surface area contributed by atoms with Crippen molar-refractivity contribution in [2.75, 3.05) is 27.3 Å². The smallest absolute Gasteiger partial charge is 0.308 e. The molecule has 0 aliphatic heterocycles. The molecule has 1 saturated carbocycles. The van der Waals surface area contributed by atoms with E-state index in [0.29, 0.717) is 24.2 Å². The van der Waals surface area contributed by atoms with Gasteiger partial charge >= 0.3 is 5.97 Å². The van der Waals surface area contributed by atoms with Crippen LogP contribution < -0.4 is 10.6 Å². The molecule has 27 heavy (non-hydrogen) atoms. The lowest BCUT2D eigenvalue weighted by atomic mass is 9.86. The van der Waals surface area contributed by atoms with E-state index in [0.717, 1.165) is 37.2 Å². The van der Waals surface area contributed by atoms with Crippen molar-refractivity contribution in [3.63, 3.8) is 0 Å². The summed E-state index contributed by atoms with van der Waals surface area (Å²) < 4.78 is 10.7. The Balaban J connectivity index is 1.81. The molecule has 1 fully saturated rings. The monoisotopic (exact) mass is 395 g/mol. The number of rotatable bonds is 7.